The average Bonchev–Trinajstić information content (AvgIpc) is 3.26. The van der Waals surface area contributed by atoms with Crippen molar-refractivity contribution in [1.82, 2.24) is 4.98 Å². The number of anilines is 1. The lowest BCUT2D eigenvalue weighted by Crippen LogP contribution is -2.66. The van der Waals surface area contributed by atoms with E-state index < -0.39 is 8.32 Å². The number of H-pyrrole nitrogens is 1. The Bertz CT molecular complexity index is 1390. The third-order valence-electron chi connectivity index (χ3n) is 7.12. The maximum Gasteiger partial charge on any atom is 0.261 e. The lowest BCUT2D eigenvalue weighted by atomic mass is 10.0. The van der Waals surface area contributed by atoms with Gasteiger partial charge in [-0.15, -0.1) is 0 Å². The smallest absolute Gasteiger partial charge is 0.261 e. The van der Waals surface area contributed by atoms with Crippen molar-refractivity contribution in [2.75, 3.05) is 5.32 Å². The normalized spacial score (nSPS) is 12.0. The van der Waals surface area contributed by atoms with Crippen LogP contribution in [0.3, 0.4) is 0 Å². The molecular formula is C32H36Cl2N2O2Si. The van der Waals surface area contributed by atoms with E-state index in [1.165, 1.54) is 10.4 Å². The van der Waals surface area contributed by atoms with Crippen LogP contribution < -0.4 is 15.7 Å². The Kier molecular flexibility index (Phi) is 9.07. The number of rotatable bonds is 9. The van der Waals surface area contributed by atoms with Gasteiger partial charge in [0, 0.05) is 34.3 Å². The number of carbonyl (C=O) groups excluding carboxylic acids is 1. The number of aryl methyl sites for hydroxylation is 1. The fourth-order valence-electron chi connectivity index (χ4n) is 5.26. The van der Waals surface area contributed by atoms with Gasteiger partial charge in [-0.2, -0.15) is 0 Å². The second kappa shape index (κ2) is 12.1. The molecule has 1 heterocycles. The second-order valence-electron chi connectivity index (χ2n) is 10.9. The van der Waals surface area contributed by atoms with Gasteiger partial charge in [0.1, 0.15) is 5.82 Å². The van der Waals surface area contributed by atoms with Gasteiger partial charge in [0.2, 0.25) is 5.91 Å². The highest BCUT2D eigenvalue weighted by atomic mass is 35.5. The molecule has 0 fully saturated rings. The molecule has 0 aliphatic rings. The van der Waals surface area contributed by atoms with Crippen LogP contribution in [0.15, 0.2) is 79.0 Å². The van der Waals surface area contributed by atoms with Crippen LogP contribution in [0.4, 0.5) is 5.82 Å². The van der Waals surface area contributed by atoms with Crippen LogP contribution in [0.25, 0.3) is 11.1 Å². The number of halogens is 2. The van der Waals surface area contributed by atoms with Crippen LogP contribution in [-0.2, 0) is 15.8 Å². The third kappa shape index (κ3) is 5.87. The summed E-state index contributed by atoms with van der Waals surface area (Å²) in [6.45, 7) is 11.0. The van der Waals surface area contributed by atoms with E-state index >= 15 is 0 Å². The topological polar surface area (TPSA) is 54.1 Å². The maximum absolute atomic E-state index is 12.4. The summed E-state index contributed by atoms with van der Waals surface area (Å²) in [5.41, 5.74) is 3.36. The van der Waals surface area contributed by atoms with E-state index in [0.29, 0.717) is 22.3 Å². The summed E-state index contributed by atoms with van der Waals surface area (Å²) >= 11 is 13.9. The Labute approximate surface area is 242 Å². The van der Waals surface area contributed by atoms with Crippen LogP contribution in [0.1, 0.15) is 51.7 Å². The first kappa shape index (κ1) is 29.2. The number of carbonyl (C=O) groups is 1. The van der Waals surface area contributed by atoms with Crippen LogP contribution in [-0.4, -0.2) is 19.2 Å². The molecule has 0 radical (unpaired) electrons. The molecule has 0 aliphatic carbocycles. The summed E-state index contributed by atoms with van der Waals surface area (Å²) in [6.07, 6.45) is 3.09. The van der Waals surface area contributed by atoms with E-state index in [1.54, 1.807) is 0 Å². The fourth-order valence-corrected chi connectivity index (χ4v) is 10.4. The second-order valence-corrected chi connectivity index (χ2v) is 16.0. The van der Waals surface area contributed by atoms with Crippen LogP contribution >= 0.6 is 23.2 Å². The van der Waals surface area contributed by atoms with E-state index in [4.69, 9.17) is 27.6 Å². The lowest BCUT2D eigenvalue weighted by Gasteiger charge is -2.43. The molecule has 7 heteroatoms. The molecule has 4 rings (SSSR count). The van der Waals surface area contributed by atoms with Crippen molar-refractivity contribution in [3.63, 3.8) is 0 Å². The van der Waals surface area contributed by atoms with Crippen molar-refractivity contribution in [3.05, 3.63) is 100 Å². The summed E-state index contributed by atoms with van der Waals surface area (Å²) in [7, 11) is -2.79. The maximum atomic E-state index is 12.4. The minimum atomic E-state index is -2.79. The molecule has 2 N–H and O–H groups in total. The molecule has 1 amide bonds. The first-order valence-electron chi connectivity index (χ1n) is 13.3. The zero-order valence-corrected chi connectivity index (χ0v) is 25.7. The van der Waals surface area contributed by atoms with Crippen LogP contribution in [0.2, 0.25) is 15.1 Å². The summed E-state index contributed by atoms with van der Waals surface area (Å²) < 4.78 is 7.14. The Morgan fingerprint density at radius 1 is 0.949 bits per heavy atom. The molecule has 39 heavy (non-hydrogen) atoms. The number of aromatic nitrogens is 1. The van der Waals surface area contributed by atoms with Gasteiger partial charge >= 0.3 is 0 Å². The quantitative estimate of drug-likeness (QED) is 0.197. The number of hydrogen-bond donors (Lipinski definition) is 2. The molecule has 204 valence electrons. The van der Waals surface area contributed by atoms with Crippen molar-refractivity contribution < 1.29 is 9.22 Å². The molecule has 0 spiro atoms. The zero-order chi connectivity index (χ0) is 28.2. The molecule has 4 aromatic rings. The van der Waals surface area contributed by atoms with Gasteiger partial charge < -0.3 is 14.7 Å². The molecule has 3 aromatic carbocycles. The molecular weight excluding hydrogens is 543 g/mol. The molecule has 0 atom stereocenters. The van der Waals surface area contributed by atoms with Gasteiger partial charge in [0.25, 0.3) is 8.32 Å². The zero-order valence-electron chi connectivity index (χ0n) is 23.2. The lowest BCUT2D eigenvalue weighted by molar-refractivity contribution is -0.116. The van der Waals surface area contributed by atoms with Gasteiger partial charge in [-0.1, -0.05) is 118 Å². The van der Waals surface area contributed by atoms with Crippen molar-refractivity contribution in [3.8, 4) is 11.1 Å². The first-order chi connectivity index (χ1) is 18.6. The monoisotopic (exact) mass is 578 g/mol. The van der Waals surface area contributed by atoms with Gasteiger partial charge in [-0.25, -0.2) is 0 Å². The number of nitrogens with one attached hydrogen (secondary N) is 2. The van der Waals surface area contributed by atoms with Crippen molar-refractivity contribution >= 4 is 53.6 Å². The summed E-state index contributed by atoms with van der Waals surface area (Å²) in [6, 6.07) is 24.8. The van der Waals surface area contributed by atoms with Gasteiger partial charge in [0.15, 0.2) is 0 Å². The largest absolute Gasteiger partial charge is 0.403 e. The number of hydrogen-bond acceptors (Lipinski definition) is 2. The highest BCUT2D eigenvalue weighted by molar-refractivity contribution is 6.99. The highest BCUT2D eigenvalue weighted by Crippen LogP contribution is 2.42. The molecule has 0 bridgehead atoms. The summed E-state index contributed by atoms with van der Waals surface area (Å²) in [4.78, 5) is 15.6. The Hall–Kier alpha value is -2.83. The number of aromatic amines is 1. The van der Waals surface area contributed by atoms with E-state index in [1.807, 2.05) is 44.3 Å². The Morgan fingerprint density at radius 2 is 1.54 bits per heavy atom. The molecule has 1 aromatic heterocycles. The summed E-state index contributed by atoms with van der Waals surface area (Å²) in [5, 5.41) is 6.27. The van der Waals surface area contributed by atoms with Gasteiger partial charge in [0.05, 0.1) is 11.6 Å². The predicted octanol–water partition coefficient (Wildman–Crippen LogP) is 8.11. The van der Waals surface area contributed by atoms with Crippen LogP contribution in [0.5, 0.6) is 0 Å². The van der Waals surface area contributed by atoms with E-state index in [9.17, 15) is 4.79 Å². The molecule has 0 aliphatic heterocycles. The number of benzene rings is 3. The van der Waals surface area contributed by atoms with E-state index in [-0.39, 0.29) is 17.6 Å². The number of amides is 1. The standard InChI is InChI=1S/C32H36Cl2N2O2Si/c1-6-13-28(37)36-31-29(22(2)20-35-31)25-18-19-27(33)26(30(25)34)21-38-39(32(3,4)5,23-14-9-7-10-15-23)24-16-11-8-12-17-24/h7-12,14-20,35H,6,13,21H2,1-5H3,(H,36,37). The Balaban J connectivity index is 1.80. The van der Waals surface area contributed by atoms with E-state index in [0.717, 1.165) is 28.7 Å². The van der Waals surface area contributed by atoms with Crippen molar-refractivity contribution in [1.29, 1.82) is 0 Å². The fraction of sp³-hybridized carbons (Fsp3) is 0.281. The van der Waals surface area contributed by atoms with E-state index in [2.05, 4.69) is 79.6 Å². The first-order valence-corrected chi connectivity index (χ1v) is 16.0. The average molecular weight is 580 g/mol. The molecule has 4 nitrogen and oxygen atoms in total. The minimum absolute atomic E-state index is 0.0408. The third-order valence-corrected chi connectivity index (χ3v) is 12.9. The molecule has 0 saturated heterocycles. The minimum Gasteiger partial charge on any atom is -0.403 e. The predicted molar refractivity (Wildman–Crippen MR) is 167 cm³/mol. The van der Waals surface area contributed by atoms with Crippen molar-refractivity contribution in [2.45, 2.75) is 59.1 Å². The molecule has 0 unspecified atom stereocenters. The highest BCUT2D eigenvalue weighted by Gasteiger charge is 2.50. The molecule has 0 saturated carbocycles. The Morgan fingerprint density at radius 3 is 2.08 bits per heavy atom. The summed E-state index contributed by atoms with van der Waals surface area (Å²) in [5.74, 6) is 0.593. The van der Waals surface area contributed by atoms with Gasteiger partial charge in [-0.05, 0) is 40.4 Å². The van der Waals surface area contributed by atoms with Gasteiger partial charge in [-0.3, -0.25) is 4.79 Å². The SMILES string of the molecule is CCCC(=O)Nc1[nH]cc(C)c1-c1ccc(Cl)c(CO[Si](c2ccccc2)(c2ccccc2)C(C)(C)C)c1Cl. The van der Waals surface area contributed by atoms with Crippen LogP contribution in [0, 0.1) is 6.92 Å². The van der Waals surface area contributed by atoms with Crippen molar-refractivity contribution in [2.24, 2.45) is 0 Å².